The van der Waals surface area contributed by atoms with Gasteiger partial charge >= 0.3 is 0 Å². The van der Waals surface area contributed by atoms with Crippen LogP contribution in [0.25, 0.3) is 0 Å². The first-order valence-electron chi connectivity index (χ1n) is 4.66. The van der Waals surface area contributed by atoms with E-state index in [4.69, 9.17) is 4.74 Å². The summed E-state index contributed by atoms with van der Waals surface area (Å²) in [5.41, 5.74) is 0. The second-order valence-electron chi connectivity index (χ2n) is 3.30. The molecule has 0 aromatic rings. The van der Waals surface area contributed by atoms with Crippen LogP contribution in [0.1, 0.15) is 26.7 Å². The summed E-state index contributed by atoms with van der Waals surface area (Å²) in [6.45, 7) is 3.01. The van der Waals surface area contributed by atoms with Crippen LogP contribution < -0.4 is 5.32 Å². The van der Waals surface area contributed by atoms with Gasteiger partial charge in [0.15, 0.2) is 0 Å². The van der Waals surface area contributed by atoms with E-state index in [2.05, 4.69) is 5.32 Å². The SMILES string of the molecule is CCCC(C)OCC(F)(F)CNC. The highest BCUT2D eigenvalue weighted by Gasteiger charge is 2.28. The van der Waals surface area contributed by atoms with Crippen molar-refractivity contribution in [3.05, 3.63) is 0 Å². The molecule has 80 valence electrons. The molecule has 1 N–H and O–H groups in total. The van der Waals surface area contributed by atoms with Crippen LogP contribution in [0.2, 0.25) is 0 Å². The van der Waals surface area contributed by atoms with Crippen LogP contribution in [0.4, 0.5) is 8.78 Å². The summed E-state index contributed by atoms with van der Waals surface area (Å²) >= 11 is 0. The second kappa shape index (κ2) is 6.27. The molecule has 0 heterocycles. The van der Waals surface area contributed by atoms with Crippen LogP contribution in [-0.4, -0.2) is 32.2 Å². The van der Waals surface area contributed by atoms with Crippen molar-refractivity contribution in [1.29, 1.82) is 0 Å². The molecule has 0 aliphatic carbocycles. The van der Waals surface area contributed by atoms with E-state index in [0.29, 0.717) is 0 Å². The van der Waals surface area contributed by atoms with Crippen molar-refractivity contribution in [1.82, 2.24) is 5.32 Å². The first-order chi connectivity index (χ1) is 6.02. The Balaban J connectivity index is 3.60. The average Bonchev–Trinajstić information content (AvgIpc) is 2.02. The Morgan fingerprint density at radius 2 is 2.08 bits per heavy atom. The number of ether oxygens (including phenoxy) is 1. The van der Waals surface area contributed by atoms with Crippen LogP contribution in [0.3, 0.4) is 0 Å². The van der Waals surface area contributed by atoms with E-state index in [1.54, 1.807) is 0 Å². The highest BCUT2D eigenvalue weighted by atomic mass is 19.3. The zero-order chi connectivity index (χ0) is 10.3. The van der Waals surface area contributed by atoms with Crippen LogP contribution in [0, 0.1) is 0 Å². The van der Waals surface area contributed by atoms with Crippen molar-refractivity contribution in [2.45, 2.75) is 38.7 Å². The summed E-state index contributed by atoms with van der Waals surface area (Å²) in [7, 11) is 1.50. The van der Waals surface area contributed by atoms with E-state index in [-0.39, 0.29) is 12.6 Å². The molecule has 0 radical (unpaired) electrons. The highest BCUT2D eigenvalue weighted by molar-refractivity contribution is 4.67. The average molecular weight is 195 g/mol. The number of halogens is 2. The fourth-order valence-corrected chi connectivity index (χ4v) is 1.06. The van der Waals surface area contributed by atoms with Crippen LogP contribution in [-0.2, 0) is 4.74 Å². The van der Waals surface area contributed by atoms with Gasteiger partial charge in [0.1, 0.15) is 6.61 Å². The van der Waals surface area contributed by atoms with Crippen molar-refractivity contribution >= 4 is 0 Å². The number of rotatable bonds is 7. The van der Waals surface area contributed by atoms with E-state index in [9.17, 15) is 8.78 Å². The van der Waals surface area contributed by atoms with E-state index in [1.807, 2.05) is 13.8 Å². The molecule has 0 rings (SSSR count). The van der Waals surface area contributed by atoms with Gasteiger partial charge in [-0.15, -0.1) is 0 Å². The molecule has 0 aromatic heterocycles. The Kier molecular flexibility index (Phi) is 6.16. The first-order valence-corrected chi connectivity index (χ1v) is 4.66. The molecule has 13 heavy (non-hydrogen) atoms. The van der Waals surface area contributed by atoms with Gasteiger partial charge in [0.25, 0.3) is 5.92 Å². The fraction of sp³-hybridized carbons (Fsp3) is 1.00. The lowest BCUT2D eigenvalue weighted by Gasteiger charge is -2.19. The first kappa shape index (κ1) is 12.8. The summed E-state index contributed by atoms with van der Waals surface area (Å²) in [5, 5.41) is 2.43. The maximum atomic E-state index is 12.8. The number of hydrogen-bond donors (Lipinski definition) is 1. The Bertz CT molecular complexity index is 131. The Labute approximate surface area is 78.7 Å². The smallest absolute Gasteiger partial charge is 0.283 e. The Morgan fingerprint density at radius 3 is 2.54 bits per heavy atom. The molecule has 1 atom stereocenters. The largest absolute Gasteiger partial charge is 0.372 e. The normalized spacial score (nSPS) is 14.5. The molecular weight excluding hydrogens is 176 g/mol. The van der Waals surface area contributed by atoms with Crippen molar-refractivity contribution in [3.8, 4) is 0 Å². The molecule has 1 unspecified atom stereocenters. The van der Waals surface area contributed by atoms with Crippen molar-refractivity contribution in [3.63, 3.8) is 0 Å². The van der Waals surface area contributed by atoms with Gasteiger partial charge in [0, 0.05) is 0 Å². The zero-order valence-corrected chi connectivity index (χ0v) is 8.57. The quantitative estimate of drug-likeness (QED) is 0.671. The molecular formula is C9H19F2NO. The fourth-order valence-electron chi connectivity index (χ4n) is 1.06. The zero-order valence-electron chi connectivity index (χ0n) is 8.57. The monoisotopic (exact) mass is 195 g/mol. The summed E-state index contributed by atoms with van der Waals surface area (Å²) in [6.07, 6.45) is 1.71. The van der Waals surface area contributed by atoms with Crippen LogP contribution in [0.15, 0.2) is 0 Å². The van der Waals surface area contributed by atoms with Gasteiger partial charge in [0.2, 0.25) is 0 Å². The predicted octanol–water partition coefficient (Wildman–Crippen LogP) is 2.05. The third kappa shape index (κ3) is 6.90. The highest BCUT2D eigenvalue weighted by Crippen LogP contribution is 2.14. The lowest BCUT2D eigenvalue weighted by atomic mass is 10.2. The third-order valence-corrected chi connectivity index (χ3v) is 1.71. The van der Waals surface area contributed by atoms with Crippen molar-refractivity contribution < 1.29 is 13.5 Å². The molecule has 0 fully saturated rings. The van der Waals surface area contributed by atoms with Crippen LogP contribution >= 0.6 is 0 Å². The van der Waals surface area contributed by atoms with Gasteiger partial charge in [-0.05, 0) is 20.4 Å². The minimum atomic E-state index is -2.75. The topological polar surface area (TPSA) is 21.3 Å². The van der Waals surface area contributed by atoms with Gasteiger partial charge in [-0.1, -0.05) is 13.3 Å². The molecule has 0 aromatic carbocycles. The van der Waals surface area contributed by atoms with Gasteiger partial charge < -0.3 is 10.1 Å². The number of nitrogens with one attached hydrogen (secondary N) is 1. The van der Waals surface area contributed by atoms with Crippen molar-refractivity contribution in [2.75, 3.05) is 20.2 Å². The van der Waals surface area contributed by atoms with E-state index < -0.39 is 12.5 Å². The number of hydrogen-bond acceptors (Lipinski definition) is 2. The van der Waals surface area contributed by atoms with Gasteiger partial charge in [-0.25, -0.2) is 8.78 Å². The van der Waals surface area contributed by atoms with E-state index in [0.717, 1.165) is 12.8 Å². The van der Waals surface area contributed by atoms with Gasteiger partial charge in [0.05, 0.1) is 12.6 Å². The van der Waals surface area contributed by atoms with Gasteiger partial charge in [-0.3, -0.25) is 0 Å². The standard InChI is InChI=1S/C9H19F2NO/c1-4-5-8(2)13-7-9(10,11)6-12-3/h8,12H,4-7H2,1-3H3. The summed E-state index contributed by atoms with van der Waals surface area (Å²) < 4.78 is 30.7. The molecule has 0 saturated carbocycles. The summed E-state index contributed by atoms with van der Waals surface area (Å²) in [5.74, 6) is -2.75. The third-order valence-electron chi connectivity index (χ3n) is 1.71. The summed E-state index contributed by atoms with van der Waals surface area (Å²) in [4.78, 5) is 0. The maximum absolute atomic E-state index is 12.8. The molecule has 0 bridgehead atoms. The van der Waals surface area contributed by atoms with Crippen LogP contribution in [0.5, 0.6) is 0 Å². The molecule has 0 amide bonds. The molecule has 0 aliphatic rings. The lowest BCUT2D eigenvalue weighted by molar-refractivity contribution is -0.0939. The Hall–Kier alpha value is -0.220. The molecule has 4 heteroatoms. The van der Waals surface area contributed by atoms with E-state index in [1.165, 1.54) is 7.05 Å². The molecule has 0 aliphatic heterocycles. The predicted molar refractivity (Wildman–Crippen MR) is 49.2 cm³/mol. The molecule has 2 nitrogen and oxygen atoms in total. The van der Waals surface area contributed by atoms with E-state index >= 15 is 0 Å². The maximum Gasteiger partial charge on any atom is 0.283 e. The van der Waals surface area contributed by atoms with Gasteiger partial charge in [-0.2, -0.15) is 0 Å². The summed E-state index contributed by atoms with van der Waals surface area (Å²) in [6, 6.07) is 0. The van der Waals surface area contributed by atoms with Crippen molar-refractivity contribution in [2.24, 2.45) is 0 Å². The number of alkyl halides is 2. The molecule has 0 spiro atoms. The second-order valence-corrected chi connectivity index (χ2v) is 3.30. The minimum absolute atomic E-state index is 0.0762. The minimum Gasteiger partial charge on any atom is -0.372 e. The molecule has 0 saturated heterocycles. The Morgan fingerprint density at radius 1 is 1.46 bits per heavy atom. The lowest BCUT2D eigenvalue weighted by Crippen LogP contribution is -2.36.